The summed E-state index contributed by atoms with van der Waals surface area (Å²) in [6.45, 7) is 7.12. The average Bonchev–Trinajstić information content (AvgIpc) is 2.37. The Morgan fingerprint density at radius 2 is 2.05 bits per heavy atom. The van der Waals surface area contributed by atoms with Gasteiger partial charge in [-0.15, -0.1) is 0 Å². The predicted octanol–water partition coefficient (Wildman–Crippen LogP) is 3.15. The molecule has 0 aliphatic carbocycles. The predicted molar refractivity (Wildman–Crippen MR) is 73.7 cm³/mol. The first-order valence-corrected chi connectivity index (χ1v) is 6.63. The number of ether oxygens (including phenoxy) is 1. The molecule has 1 aromatic rings. The molecule has 19 heavy (non-hydrogen) atoms. The van der Waals surface area contributed by atoms with Crippen molar-refractivity contribution in [3.05, 3.63) is 35.6 Å². The molecule has 0 amide bonds. The molecular formula is C15H22FNO2. The molecule has 0 saturated carbocycles. The molecule has 3 nitrogen and oxygen atoms in total. The highest BCUT2D eigenvalue weighted by molar-refractivity contribution is 5.89. The summed E-state index contributed by atoms with van der Waals surface area (Å²) in [6.07, 6.45) is 2.18. The molecule has 0 bridgehead atoms. The van der Waals surface area contributed by atoms with Crippen molar-refractivity contribution in [2.75, 3.05) is 13.2 Å². The van der Waals surface area contributed by atoms with Gasteiger partial charge in [0.2, 0.25) is 0 Å². The summed E-state index contributed by atoms with van der Waals surface area (Å²) in [5.74, 6) is -1.17. The van der Waals surface area contributed by atoms with Crippen LogP contribution >= 0.6 is 0 Å². The van der Waals surface area contributed by atoms with Gasteiger partial charge in [-0.3, -0.25) is 0 Å². The summed E-state index contributed by atoms with van der Waals surface area (Å²) < 4.78 is 18.6. The van der Waals surface area contributed by atoms with Crippen molar-refractivity contribution in [2.24, 2.45) is 0 Å². The van der Waals surface area contributed by atoms with Crippen molar-refractivity contribution in [1.82, 2.24) is 5.32 Å². The quantitative estimate of drug-likeness (QED) is 0.609. The number of carbonyl (C=O) groups is 1. The first-order chi connectivity index (χ1) is 8.96. The number of nitrogens with one attached hydrogen (secondary N) is 1. The van der Waals surface area contributed by atoms with Gasteiger partial charge in [0, 0.05) is 5.54 Å². The SMILES string of the molecule is CCCCNC(C)(C)COC(=O)c1ccccc1F. The highest BCUT2D eigenvalue weighted by Crippen LogP contribution is 2.10. The molecule has 0 aromatic heterocycles. The number of benzene rings is 1. The van der Waals surface area contributed by atoms with E-state index in [1.54, 1.807) is 12.1 Å². The highest BCUT2D eigenvalue weighted by Gasteiger charge is 2.20. The normalized spacial score (nSPS) is 11.4. The molecule has 1 aromatic carbocycles. The molecule has 0 aliphatic heterocycles. The molecule has 106 valence electrons. The van der Waals surface area contributed by atoms with Crippen LogP contribution in [0, 0.1) is 5.82 Å². The largest absolute Gasteiger partial charge is 0.460 e. The van der Waals surface area contributed by atoms with Crippen molar-refractivity contribution in [1.29, 1.82) is 0 Å². The van der Waals surface area contributed by atoms with Crippen LogP contribution in [0.4, 0.5) is 4.39 Å². The molecule has 0 fully saturated rings. The van der Waals surface area contributed by atoms with Gasteiger partial charge >= 0.3 is 5.97 Å². The first-order valence-electron chi connectivity index (χ1n) is 6.63. The summed E-state index contributed by atoms with van der Waals surface area (Å²) in [4.78, 5) is 11.8. The van der Waals surface area contributed by atoms with Gasteiger partial charge in [-0.1, -0.05) is 25.5 Å². The van der Waals surface area contributed by atoms with E-state index in [9.17, 15) is 9.18 Å². The fraction of sp³-hybridized carbons (Fsp3) is 0.533. The summed E-state index contributed by atoms with van der Waals surface area (Å²) in [6, 6.07) is 5.84. The van der Waals surface area contributed by atoms with Crippen LogP contribution in [0.15, 0.2) is 24.3 Å². The van der Waals surface area contributed by atoms with Gasteiger partial charge in [0.1, 0.15) is 12.4 Å². The van der Waals surface area contributed by atoms with Crippen molar-refractivity contribution in [3.8, 4) is 0 Å². The van der Waals surface area contributed by atoms with E-state index in [1.165, 1.54) is 12.1 Å². The van der Waals surface area contributed by atoms with Crippen LogP contribution in [0.1, 0.15) is 44.0 Å². The van der Waals surface area contributed by atoms with Gasteiger partial charge in [-0.05, 0) is 38.9 Å². The van der Waals surface area contributed by atoms with E-state index in [0.29, 0.717) is 0 Å². The van der Waals surface area contributed by atoms with E-state index < -0.39 is 11.8 Å². The first kappa shape index (κ1) is 15.6. The van der Waals surface area contributed by atoms with Gasteiger partial charge in [0.25, 0.3) is 0 Å². The zero-order valence-electron chi connectivity index (χ0n) is 11.8. The van der Waals surface area contributed by atoms with Crippen LogP contribution in [0.3, 0.4) is 0 Å². The van der Waals surface area contributed by atoms with Gasteiger partial charge in [0.05, 0.1) is 5.56 Å². The molecule has 1 N–H and O–H groups in total. The van der Waals surface area contributed by atoms with Gasteiger partial charge in [-0.25, -0.2) is 9.18 Å². The standard InChI is InChI=1S/C15H22FNO2/c1-4-5-10-17-15(2,3)11-19-14(18)12-8-6-7-9-13(12)16/h6-9,17H,4-5,10-11H2,1-3H3. The third kappa shape index (κ3) is 5.39. The lowest BCUT2D eigenvalue weighted by Gasteiger charge is -2.25. The number of esters is 1. The van der Waals surface area contributed by atoms with E-state index in [0.717, 1.165) is 19.4 Å². The van der Waals surface area contributed by atoms with Crippen molar-refractivity contribution in [3.63, 3.8) is 0 Å². The second-order valence-corrected chi connectivity index (χ2v) is 5.22. The minimum Gasteiger partial charge on any atom is -0.460 e. The third-order valence-corrected chi connectivity index (χ3v) is 2.79. The Hall–Kier alpha value is -1.42. The average molecular weight is 267 g/mol. The van der Waals surface area contributed by atoms with E-state index in [1.807, 2.05) is 13.8 Å². The Bertz CT molecular complexity index is 418. The van der Waals surface area contributed by atoms with Crippen LogP contribution < -0.4 is 5.32 Å². The summed E-state index contributed by atoms with van der Waals surface area (Å²) in [5, 5.41) is 3.31. The van der Waals surface area contributed by atoms with E-state index in [4.69, 9.17) is 4.74 Å². The molecule has 0 atom stereocenters. The molecule has 1 rings (SSSR count). The topological polar surface area (TPSA) is 38.3 Å². The monoisotopic (exact) mass is 267 g/mol. The maximum Gasteiger partial charge on any atom is 0.341 e. The molecule has 0 aliphatic rings. The van der Waals surface area contributed by atoms with E-state index in [-0.39, 0.29) is 17.7 Å². The van der Waals surface area contributed by atoms with Gasteiger partial charge in [0.15, 0.2) is 0 Å². The number of hydrogen-bond acceptors (Lipinski definition) is 3. The lowest BCUT2D eigenvalue weighted by atomic mass is 10.1. The number of rotatable bonds is 7. The molecule has 0 heterocycles. The zero-order chi connectivity index (χ0) is 14.3. The molecule has 0 spiro atoms. The maximum atomic E-state index is 13.4. The van der Waals surface area contributed by atoms with Crippen LogP contribution in [0.5, 0.6) is 0 Å². The Morgan fingerprint density at radius 1 is 1.37 bits per heavy atom. The van der Waals surface area contributed by atoms with Crippen LogP contribution in [-0.4, -0.2) is 24.7 Å². The Labute approximate surface area is 114 Å². The molecule has 4 heteroatoms. The third-order valence-electron chi connectivity index (χ3n) is 2.79. The minimum atomic E-state index is -0.622. The summed E-state index contributed by atoms with van der Waals surface area (Å²) in [7, 11) is 0. The summed E-state index contributed by atoms with van der Waals surface area (Å²) >= 11 is 0. The number of halogens is 1. The summed E-state index contributed by atoms with van der Waals surface area (Å²) in [5.41, 5.74) is -0.331. The number of hydrogen-bond donors (Lipinski definition) is 1. The van der Waals surface area contributed by atoms with E-state index >= 15 is 0 Å². The lowest BCUT2D eigenvalue weighted by molar-refractivity contribution is 0.0395. The number of unbranched alkanes of at least 4 members (excludes halogenated alkanes) is 1. The fourth-order valence-corrected chi connectivity index (χ4v) is 1.61. The Balaban J connectivity index is 2.47. The lowest BCUT2D eigenvalue weighted by Crippen LogP contribution is -2.44. The van der Waals surface area contributed by atoms with Crippen molar-refractivity contribution in [2.45, 2.75) is 39.2 Å². The second-order valence-electron chi connectivity index (χ2n) is 5.22. The fourth-order valence-electron chi connectivity index (χ4n) is 1.61. The molecule has 0 radical (unpaired) electrons. The van der Waals surface area contributed by atoms with Crippen molar-refractivity contribution < 1.29 is 13.9 Å². The minimum absolute atomic E-state index is 0.0214. The van der Waals surface area contributed by atoms with Crippen molar-refractivity contribution >= 4 is 5.97 Å². The van der Waals surface area contributed by atoms with Crippen LogP contribution in [-0.2, 0) is 4.74 Å². The number of carbonyl (C=O) groups excluding carboxylic acids is 1. The molecular weight excluding hydrogens is 245 g/mol. The molecule has 0 saturated heterocycles. The molecule has 0 unspecified atom stereocenters. The van der Waals surface area contributed by atoms with Gasteiger partial charge < -0.3 is 10.1 Å². The smallest absolute Gasteiger partial charge is 0.341 e. The van der Waals surface area contributed by atoms with Gasteiger partial charge in [-0.2, -0.15) is 0 Å². The second kappa shape index (κ2) is 7.24. The Kier molecular flexibility index (Phi) is 5.96. The van der Waals surface area contributed by atoms with Crippen LogP contribution in [0.25, 0.3) is 0 Å². The highest BCUT2D eigenvalue weighted by atomic mass is 19.1. The maximum absolute atomic E-state index is 13.4. The zero-order valence-corrected chi connectivity index (χ0v) is 11.8. The van der Waals surface area contributed by atoms with Crippen LogP contribution in [0.2, 0.25) is 0 Å². The van der Waals surface area contributed by atoms with E-state index in [2.05, 4.69) is 12.2 Å². The Morgan fingerprint density at radius 3 is 2.68 bits per heavy atom.